The lowest BCUT2D eigenvalue weighted by Crippen LogP contribution is -2.59. The molecule has 1 aliphatic heterocycles. The molecule has 0 bridgehead atoms. The van der Waals surface area contributed by atoms with Crippen molar-refractivity contribution in [3.63, 3.8) is 0 Å². The van der Waals surface area contributed by atoms with Crippen molar-refractivity contribution in [3.8, 4) is 0 Å². The standard InChI is InChI=1S/C17H23N3O/c1-4-7-20(14-9-18-10-14)17(21)13-5-6-16-15(8-13)11(2)12(3)19-16/h5-6,8,14,18-19H,4,7,9-10H2,1-3H3. The molecule has 2 N–H and O–H groups in total. The quantitative estimate of drug-likeness (QED) is 0.907. The first-order valence-electron chi connectivity index (χ1n) is 7.72. The van der Waals surface area contributed by atoms with Crippen molar-refractivity contribution in [2.75, 3.05) is 19.6 Å². The van der Waals surface area contributed by atoms with Crippen LogP contribution in [-0.2, 0) is 0 Å². The maximum absolute atomic E-state index is 12.8. The van der Waals surface area contributed by atoms with Crippen LogP contribution in [0, 0.1) is 13.8 Å². The van der Waals surface area contributed by atoms with Gasteiger partial charge in [0.2, 0.25) is 0 Å². The second kappa shape index (κ2) is 5.53. The summed E-state index contributed by atoms with van der Waals surface area (Å²) in [6.07, 6.45) is 0.993. The van der Waals surface area contributed by atoms with Crippen molar-refractivity contribution in [3.05, 3.63) is 35.0 Å². The smallest absolute Gasteiger partial charge is 0.254 e. The first kappa shape index (κ1) is 14.1. The lowest BCUT2D eigenvalue weighted by atomic mass is 10.1. The van der Waals surface area contributed by atoms with Gasteiger partial charge in [-0.05, 0) is 44.0 Å². The van der Waals surface area contributed by atoms with E-state index < -0.39 is 0 Å². The molecule has 1 fully saturated rings. The number of aromatic nitrogens is 1. The minimum Gasteiger partial charge on any atom is -0.358 e. The molecule has 1 aliphatic rings. The van der Waals surface area contributed by atoms with Crippen LogP contribution in [-0.4, -0.2) is 41.5 Å². The maximum atomic E-state index is 12.8. The highest BCUT2D eigenvalue weighted by atomic mass is 16.2. The van der Waals surface area contributed by atoms with Gasteiger partial charge < -0.3 is 15.2 Å². The summed E-state index contributed by atoms with van der Waals surface area (Å²) in [6, 6.07) is 6.34. The number of nitrogens with zero attached hydrogens (tertiary/aromatic N) is 1. The topological polar surface area (TPSA) is 48.1 Å². The first-order valence-corrected chi connectivity index (χ1v) is 7.72. The zero-order valence-electron chi connectivity index (χ0n) is 13.0. The Morgan fingerprint density at radius 2 is 2.10 bits per heavy atom. The Bertz CT molecular complexity index is 670. The molecule has 4 heteroatoms. The molecule has 2 aromatic rings. The molecule has 2 heterocycles. The molecule has 0 saturated carbocycles. The minimum atomic E-state index is 0.156. The second-order valence-electron chi connectivity index (χ2n) is 5.95. The Morgan fingerprint density at radius 1 is 1.33 bits per heavy atom. The summed E-state index contributed by atoms with van der Waals surface area (Å²) in [7, 11) is 0. The number of nitrogens with one attached hydrogen (secondary N) is 2. The third kappa shape index (κ3) is 2.44. The van der Waals surface area contributed by atoms with Crippen LogP contribution in [0.2, 0.25) is 0 Å². The van der Waals surface area contributed by atoms with E-state index in [0.29, 0.717) is 6.04 Å². The Labute approximate surface area is 125 Å². The first-order chi connectivity index (χ1) is 10.1. The molecule has 0 radical (unpaired) electrons. The summed E-state index contributed by atoms with van der Waals surface area (Å²) >= 11 is 0. The SMILES string of the molecule is CCCN(C(=O)c1ccc2[nH]c(C)c(C)c2c1)C1CNC1. The molecule has 1 aromatic carbocycles. The number of rotatable bonds is 4. The van der Waals surface area contributed by atoms with E-state index in [4.69, 9.17) is 0 Å². The number of H-pyrrole nitrogens is 1. The van der Waals surface area contributed by atoms with Gasteiger partial charge in [0.05, 0.1) is 6.04 Å². The summed E-state index contributed by atoms with van der Waals surface area (Å²) in [5, 5.41) is 4.40. The molecule has 0 unspecified atom stereocenters. The van der Waals surface area contributed by atoms with Crippen LogP contribution in [0.25, 0.3) is 10.9 Å². The van der Waals surface area contributed by atoms with Crippen molar-refractivity contribution in [1.82, 2.24) is 15.2 Å². The predicted molar refractivity (Wildman–Crippen MR) is 85.8 cm³/mol. The fourth-order valence-electron chi connectivity index (χ4n) is 2.94. The Hall–Kier alpha value is -1.81. The molecule has 112 valence electrons. The molecular formula is C17H23N3O. The average molecular weight is 285 g/mol. The molecule has 1 amide bonds. The van der Waals surface area contributed by atoms with Crippen LogP contribution in [0.4, 0.5) is 0 Å². The number of carbonyl (C=O) groups excluding carboxylic acids is 1. The van der Waals surface area contributed by atoms with Crippen LogP contribution in [0.15, 0.2) is 18.2 Å². The summed E-state index contributed by atoms with van der Waals surface area (Å²) in [5.74, 6) is 0.156. The zero-order valence-corrected chi connectivity index (χ0v) is 13.0. The third-order valence-corrected chi connectivity index (χ3v) is 4.48. The normalized spacial score (nSPS) is 15.2. The van der Waals surface area contributed by atoms with Gasteiger partial charge in [-0.3, -0.25) is 4.79 Å². The van der Waals surface area contributed by atoms with Crippen LogP contribution >= 0.6 is 0 Å². The molecule has 1 aromatic heterocycles. The lowest BCUT2D eigenvalue weighted by Gasteiger charge is -2.38. The molecule has 3 rings (SSSR count). The predicted octanol–water partition coefficient (Wildman–Crippen LogP) is 2.61. The Kier molecular flexibility index (Phi) is 3.72. The largest absolute Gasteiger partial charge is 0.358 e. The van der Waals surface area contributed by atoms with Crippen molar-refractivity contribution in [1.29, 1.82) is 0 Å². The highest BCUT2D eigenvalue weighted by Crippen LogP contribution is 2.23. The van der Waals surface area contributed by atoms with E-state index in [0.717, 1.165) is 42.5 Å². The van der Waals surface area contributed by atoms with Crippen molar-refractivity contribution in [2.45, 2.75) is 33.2 Å². The van der Waals surface area contributed by atoms with Crippen LogP contribution in [0.3, 0.4) is 0 Å². The number of fused-ring (bicyclic) bond motifs is 1. The van der Waals surface area contributed by atoms with Gasteiger partial charge in [-0.2, -0.15) is 0 Å². The summed E-state index contributed by atoms with van der Waals surface area (Å²) in [4.78, 5) is 18.2. The van der Waals surface area contributed by atoms with Crippen molar-refractivity contribution in [2.24, 2.45) is 0 Å². The van der Waals surface area contributed by atoms with E-state index >= 15 is 0 Å². The zero-order chi connectivity index (χ0) is 15.0. The fourth-order valence-corrected chi connectivity index (χ4v) is 2.94. The number of carbonyl (C=O) groups is 1. The average Bonchev–Trinajstić information content (AvgIpc) is 2.71. The molecule has 1 saturated heterocycles. The highest BCUT2D eigenvalue weighted by molar-refractivity contribution is 5.99. The monoisotopic (exact) mass is 285 g/mol. The van der Waals surface area contributed by atoms with E-state index in [9.17, 15) is 4.79 Å². The second-order valence-corrected chi connectivity index (χ2v) is 5.95. The number of amides is 1. The number of hydrogen-bond donors (Lipinski definition) is 2. The number of aryl methyl sites for hydroxylation is 2. The molecule has 0 spiro atoms. The van der Waals surface area contributed by atoms with E-state index in [-0.39, 0.29) is 5.91 Å². The summed E-state index contributed by atoms with van der Waals surface area (Å²) in [5.41, 5.74) is 4.30. The van der Waals surface area contributed by atoms with Gasteiger partial charge >= 0.3 is 0 Å². The van der Waals surface area contributed by atoms with Gasteiger partial charge in [0.25, 0.3) is 5.91 Å². The minimum absolute atomic E-state index is 0.156. The van der Waals surface area contributed by atoms with Gasteiger partial charge in [-0.1, -0.05) is 6.92 Å². The molecule has 21 heavy (non-hydrogen) atoms. The van der Waals surface area contributed by atoms with Crippen LogP contribution < -0.4 is 5.32 Å². The molecule has 4 nitrogen and oxygen atoms in total. The number of benzene rings is 1. The molecule has 0 atom stereocenters. The lowest BCUT2D eigenvalue weighted by molar-refractivity contribution is 0.0616. The van der Waals surface area contributed by atoms with Gasteiger partial charge in [0.1, 0.15) is 0 Å². The summed E-state index contributed by atoms with van der Waals surface area (Å²) in [6.45, 7) is 8.94. The summed E-state index contributed by atoms with van der Waals surface area (Å²) < 4.78 is 0. The van der Waals surface area contributed by atoms with E-state index in [2.05, 4.69) is 31.1 Å². The van der Waals surface area contributed by atoms with Crippen LogP contribution in [0.5, 0.6) is 0 Å². The highest BCUT2D eigenvalue weighted by Gasteiger charge is 2.28. The van der Waals surface area contributed by atoms with Crippen LogP contribution in [0.1, 0.15) is 35.0 Å². The van der Waals surface area contributed by atoms with Gasteiger partial charge in [0, 0.05) is 41.8 Å². The van der Waals surface area contributed by atoms with Crippen molar-refractivity contribution >= 4 is 16.8 Å². The van der Waals surface area contributed by atoms with E-state index in [1.54, 1.807) is 0 Å². The number of aromatic amines is 1. The van der Waals surface area contributed by atoms with Gasteiger partial charge in [-0.15, -0.1) is 0 Å². The van der Waals surface area contributed by atoms with Gasteiger partial charge in [0.15, 0.2) is 0 Å². The third-order valence-electron chi connectivity index (χ3n) is 4.48. The van der Waals surface area contributed by atoms with Gasteiger partial charge in [-0.25, -0.2) is 0 Å². The van der Waals surface area contributed by atoms with E-state index in [1.807, 2.05) is 23.1 Å². The Morgan fingerprint density at radius 3 is 2.71 bits per heavy atom. The molecule has 0 aliphatic carbocycles. The van der Waals surface area contributed by atoms with E-state index in [1.165, 1.54) is 11.3 Å². The Balaban J connectivity index is 1.94. The fraction of sp³-hybridized carbons (Fsp3) is 0.471. The molecular weight excluding hydrogens is 262 g/mol. The van der Waals surface area contributed by atoms with Crippen molar-refractivity contribution < 1.29 is 4.79 Å². The maximum Gasteiger partial charge on any atom is 0.254 e. The number of hydrogen-bond acceptors (Lipinski definition) is 2.